The van der Waals surface area contributed by atoms with Crippen molar-refractivity contribution in [2.75, 3.05) is 12.4 Å². The van der Waals surface area contributed by atoms with Crippen molar-refractivity contribution in [3.8, 4) is 5.75 Å². The Labute approximate surface area is 140 Å². The topological polar surface area (TPSA) is 64.1 Å². The molecule has 0 aliphatic heterocycles. The number of methoxy groups -OCH3 is 1. The van der Waals surface area contributed by atoms with Crippen LogP contribution in [0.2, 0.25) is 0 Å². The maximum Gasteiger partial charge on any atom is 0.278 e. The first-order valence-corrected chi connectivity index (χ1v) is 7.67. The zero-order valence-electron chi connectivity index (χ0n) is 10.8. The normalized spacial score (nSPS) is 11.2. The number of hydrogen-bond acceptors (Lipinski definition) is 5. The van der Waals surface area contributed by atoms with E-state index in [1.54, 1.807) is 7.11 Å². The number of halogens is 3. The summed E-state index contributed by atoms with van der Waals surface area (Å²) in [7, 11) is 1.61. The third kappa shape index (κ3) is 4.71. The lowest BCUT2D eigenvalue weighted by Gasteiger charge is -2.08. The Hall–Kier alpha value is -1.08. The molecule has 0 spiro atoms. The molecule has 0 aliphatic rings. The lowest BCUT2D eigenvalue weighted by molar-refractivity contribution is -0.115. The maximum atomic E-state index is 11.5. The van der Waals surface area contributed by atoms with Crippen molar-refractivity contribution in [3.05, 3.63) is 34.8 Å². The van der Waals surface area contributed by atoms with Crippen molar-refractivity contribution < 1.29 is 9.53 Å². The van der Waals surface area contributed by atoms with Gasteiger partial charge in [0.2, 0.25) is 5.13 Å². The molecule has 0 atom stereocenters. The molecule has 21 heavy (non-hydrogen) atoms. The second-order valence-corrected chi connectivity index (χ2v) is 7.32. The number of anilines is 1. The van der Waals surface area contributed by atoms with Gasteiger partial charge >= 0.3 is 0 Å². The van der Waals surface area contributed by atoms with Crippen LogP contribution in [0.5, 0.6) is 5.75 Å². The third-order valence-electron chi connectivity index (χ3n) is 2.46. The molecule has 0 unspecified atom stereocenters. The first-order chi connectivity index (χ1) is 9.88. The Morgan fingerprint density at radius 2 is 1.95 bits per heavy atom. The Morgan fingerprint density at radius 1 is 1.29 bits per heavy atom. The molecule has 112 valence electrons. The van der Waals surface area contributed by atoms with Gasteiger partial charge in [0.1, 0.15) is 10.8 Å². The highest BCUT2D eigenvalue weighted by molar-refractivity contribution is 7.15. The Balaban J connectivity index is 2.01. The summed E-state index contributed by atoms with van der Waals surface area (Å²) < 4.78 is 3.06. The van der Waals surface area contributed by atoms with Crippen molar-refractivity contribution >= 4 is 57.2 Å². The average molecular weight is 367 g/mol. The number of amides is 1. The van der Waals surface area contributed by atoms with Gasteiger partial charge in [-0.25, -0.2) is 0 Å². The number of carbonyl (C=O) groups excluding carboxylic acids is 1. The van der Waals surface area contributed by atoms with Gasteiger partial charge in [0.05, 0.1) is 7.11 Å². The van der Waals surface area contributed by atoms with Crippen LogP contribution in [0.3, 0.4) is 0 Å². The van der Waals surface area contributed by atoms with E-state index in [-0.39, 0.29) is 5.13 Å². The summed E-state index contributed by atoms with van der Waals surface area (Å²) in [5.74, 6) is 0.0197. The summed E-state index contributed by atoms with van der Waals surface area (Å²) in [4.78, 5) is 11.5. The largest absolute Gasteiger partial charge is 0.497 e. The van der Waals surface area contributed by atoms with Crippen LogP contribution >= 0.6 is 46.1 Å². The fourth-order valence-corrected chi connectivity index (χ4v) is 2.37. The zero-order chi connectivity index (χ0) is 15.5. The summed E-state index contributed by atoms with van der Waals surface area (Å²) in [5.41, 5.74) is 1.05. The van der Waals surface area contributed by atoms with Crippen LogP contribution in [0.4, 0.5) is 5.13 Å². The first kappa shape index (κ1) is 16.3. The van der Waals surface area contributed by atoms with Gasteiger partial charge in [0.25, 0.3) is 9.70 Å². The number of alkyl halides is 3. The summed E-state index contributed by atoms with van der Waals surface area (Å²) in [6.45, 7) is 0. The highest BCUT2D eigenvalue weighted by Crippen LogP contribution is 2.28. The molecule has 0 aliphatic carbocycles. The molecule has 0 fully saturated rings. The highest BCUT2D eigenvalue weighted by atomic mass is 35.6. The van der Waals surface area contributed by atoms with E-state index < -0.39 is 9.70 Å². The predicted molar refractivity (Wildman–Crippen MR) is 84.6 cm³/mol. The molecule has 1 N–H and O–H groups in total. The van der Waals surface area contributed by atoms with Gasteiger partial charge in [-0.3, -0.25) is 10.1 Å². The minimum Gasteiger partial charge on any atom is -0.497 e. The van der Waals surface area contributed by atoms with E-state index in [2.05, 4.69) is 15.5 Å². The van der Waals surface area contributed by atoms with Crippen molar-refractivity contribution in [1.29, 1.82) is 0 Å². The molecule has 2 rings (SSSR count). The van der Waals surface area contributed by atoms with Crippen molar-refractivity contribution in [3.63, 3.8) is 0 Å². The Bertz CT molecular complexity index is 625. The number of nitrogens with zero attached hydrogens (tertiary/aromatic N) is 2. The van der Waals surface area contributed by atoms with Gasteiger partial charge in [0.15, 0.2) is 0 Å². The smallest absolute Gasteiger partial charge is 0.278 e. The molecule has 1 amide bonds. The van der Waals surface area contributed by atoms with Crippen LogP contribution in [0, 0.1) is 0 Å². The summed E-state index contributed by atoms with van der Waals surface area (Å²) in [5, 5.41) is 11.2. The first-order valence-electron chi connectivity index (χ1n) is 5.72. The van der Waals surface area contributed by atoms with Gasteiger partial charge in [0, 0.05) is 6.42 Å². The van der Waals surface area contributed by atoms with E-state index in [1.807, 2.05) is 24.3 Å². The third-order valence-corrected chi connectivity index (χ3v) is 3.81. The number of nitrogens with one attached hydrogen (secondary N) is 1. The van der Waals surface area contributed by atoms with Gasteiger partial charge in [-0.05, 0) is 17.7 Å². The van der Waals surface area contributed by atoms with Crippen LogP contribution in [0.25, 0.3) is 0 Å². The number of hydrogen-bond donors (Lipinski definition) is 1. The fraction of sp³-hybridized carbons (Fsp3) is 0.250. The molecular formula is C12H10Cl3N3O2S. The molecule has 0 saturated heterocycles. The molecular weight excluding hydrogens is 357 g/mol. The van der Waals surface area contributed by atoms with Crippen LogP contribution < -0.4 is 10.1 Å². The van der Waals surface area contributed by atoms with E-state index in [0.29, 0.717) is 6.42 Å². The summed E-state index contributed by atoms with van der Waals surface area (Å²) in [6, 6.07) is 7.59. The van der Waals surface area contributed by atoms with Crippen molar-refractivity contribution in [1.82, 2.24) is 10.2 Å². The monoisotopic (exact) mass is 365 g/mol. The second-order valence-electron chi connectivity index (χ2n) is 3.98. The molecule has 2 aromatic rings. The molecule has 0 saturated carbocycles. The highest BCUT2D eigenvalue weighted by Gasteiger charge is 2.31. The van der Waals surface area contributed by atoms with Crippen molar-refractivity contribution in [2.24, 2.45) is 0 Å². The van der Waals surface area contributed by atoms with Crippen LogP contribution in [-0.4, -0.2) is 27.0 Å². The number of rotatable bonds is 4. The molecule has 5 nitrogen and oxygen atoms in total. The Morgan fingerprint density at radius 3 is 2.52 bits per heavy atom. The molecule has 0 radical (unpaired) electrons. The Kier molecular flexibility index (Phi) is 5.27. The lowest BCUT2D eigenvalue weighted by Crippen LogP contribution is -2.26. The molecule has 9 heteroatoms. The number of benzene rings is 1. The van der Waals surface area contributed by atoms with E-state index in [9.17, 15) is 4.79 Å². The van der Waals surface area contributed by atoms with E-state index in [4.69, 9.17) is 39.5 Å². The summed E-state index contributed by atoms with van der Waals surface area (Å²) >= 11 is 17.6. The molecule has 1 heterocycles. The second kappa shape index (κ2) is 6.79. The lowest BCUT2D eigenvalue weighted by atomic mass is 10.1. The molecule has 1 aromatic heterocycles. The molecule has 1 aromatic carbocycles. The van der Waals surface area contributed by atoms with Crippen LogP contribution in [0.1, 0.15) is 10.6 Å². The predicted octanol–water partition coefficient (Wildman–Crippen LogP) is 3.45. The van der Waals surface area contributed by atoms with E-state index in [0.717, 1.165) is 16.3 Å². The van der Waals surface area contributed by atoms with Gasteiger partial charge in [-0.2, -0.15) is 0 Å². The number of ether oxygens (including phenoxy) is 1. The van der Waals surface area contributed by atoms with Gasteiger partial charge in [-0.1, -0.05) is 58.3 Å². The summed E-state index contributed by atoms with van der Waals surface area (Å²) in [6.07, 6.45) is 0.589. The minimum absolute atomic E-state index is 0.287. The molecule has 0 bridgehead atoms. The van der Waals surface area contributed by atoms with E-state index in [1.165, 1.54) is 11.3 Å². The maximum absolute atomic E-state index is 11.5. The fourth-order valence-electron chi connectivity index (χ4n) is 1.46. The van der Waals surface area contributed by atoms with Gasteiger partial charge in [-0.15, -0.1) is 10.2 Å². The number of carbonyl (C=O) groups is 1. The van der Waals surface area contributed by atoms with Crippen LogP contribution in [-0.2, 0) is 11.2 Å². The standard InChI is InChI=1S/C12H10Cl3N3O2S/c1-20-8-4-2-7(3-5-8)6-9-17-18-11(21-9)16-10(19)12(13,14)15/h2-5H,6H2,1H3,(H,16,18,19). The minimum atomic E-state index is -2.03. The quantitative estimate of drug-likeness (QED) is 0.842. The van der Waals surface area contributed by atoms with Gasteiger partial charge < -0.3 is 4.74 Å². The van der Waals surface area contributed by atoms with Crippen LogP contribution in [0.15, 0.2) is 24.3 Å². The van der Waals surface area contributed by atoms with Crippen molar-refractivity contribution in [2.45, 2.75) is 10.2 Å². The zero-order valence-corrected chi connectivity index (χ0v) is 13.9. The average Bonchev–Trinajstić information content (AvgIpc) is 2.86. The SMILES string of the molecule is COc1ccc(Cc2nnc(NC(=O)C(Cl)(Cl)Cl)s2)cc1. The number of aromatic nitrogens is 2. The van der Waals surface area contributed by atoms with E-state index >= 15 is 0 Å².